The van der Waals surface area contributed by atoms with Crippen molar-refractivity contribution in [2.24, 2.45) is 0 Å². The summed E-state index contributed by atoms with van der Waals surface area (Å²) < 4.78 is 22.8. The van der Waals surface area contributed by atoms with Crippen molar-refractivity contribution in [3.05, 3.63) is 72.7 Å². The van der Waals surface area contributed by atoms with E-state index < -0.39 is 0 Å². The van der Waals surface area contributed by atoms with E-state index in [0.717, 1.165) is 30.1 Å². The van der Waals surface area contributed by atoms with E-state index in [1.807, 2.05) is 31.3 Å². The van der Waals surface area contributed by atoms with Crippen LogP contribution in [-0.4, -0.2) is 48.4 Å². The second-order valence-electron chi connectivity index (χ2n) is 6.33. The Morgan fingerprint density at radius 1 is 1.13 bits per heavy atom. The van der Waals surface area contributed by atoms with Crippen molar-refractivity contribution in [2.75, 3.05) is 44.7 Å². The van der Waals surface area contributed by atoms with Crippen LogP contribution in [0, 0.1) is 19.1 Å². The minimum Gasteiger partial charge on any atom is -0.497 e. The summed E-state index contributed by atoms with van der Waals surface area (Å²) in [4.78, 5) is 2.07. The standard InChI is InChI=1S/C17H17FNO.C5H11N2S2.Ru/c1-4-13-11-15(18)6-5-14(13)12-19(2)16-7-9-17(20-3)10-8-16;1-8-6-3-4-7(5-6)9-2;/h1,4-11H,12H2,2-3H3;5H,3-4H2,1-2H3;/q2*-1;+2. The normalized spacial score (nSPS) is 13.8. The topological polar surface area (TPSA) is 19.0 Å². The maximum Gasteiger partial charge on any atom is 2.00 e. The average molecular weight is 535 g/mol. The summed E-state index contributed by atoms with van der Waals surface area (Å²) in [5.74, 6) is 0.539. The molecule has 1 aliphatic heterocycles. The Kier molecular flexibility index (Phi) is 12.7. The molecule has 1 heterocycles. The molecule has 0 aromatic heterocycles. The van der Waals surface area contributed by atoms with Crippen molar-refractivity contribution in [3.8, 4) is 5.75 Å². The molecule has 0 spiro atoms. The molecule has 0 unspecified atom stereocenters. The SMILES string of the molecule is CSN1[CH-]N(SC)CC1.[CH-]=Cc1cc(F)ccc1CN(C)c1ccc(OC)cc1.[Ru+2]. The van der Waals surface area contributed by atoms with Crippen molar-refractivity contribution in [2.45, 2.75) is 6.54 Å². The Hall–Kier alpha value is -1.05. The number of rotatable bonds is 7. The fourth-order valence-electron chi connectivity index (χ4n) is 2.78. The molecule has 1 aliphatic rings. The van der Waals surface area contributed by atoms with Gasteiger partial charge in [0.15, 0.2) is 0 Å². The predicted molar refractivity (Wildman–Crippen MR) is 125 cm³/mol. The largest absolute Gasteiger partial charge is 2.00 e. The number of nitrogens with zero attached hydrogens (tertiary/aromatic N) is 3. The Morgan fingerprint density at radius 2 is 1.73 bits per heavy atom. The van der Waals surface area contributed by atoms with Crippen LogP contribution in [0.4, 0.5) is 10.1 Å². The Morgan fingerprint density at radius 3 is 2.20 bits per heavy atom. The third kappa shape index (κ3) is 8.24. The molecule has 0 amide bonds. The summed E-state index contributed by atoms with van der Waals surface area (Å²) in [6, 6.07) is 12.4. The van der Waals surface area contributed by atoms with Crippen molar-refractivity contribution >= 4 is 35.7 Å². The Balaban J connectivity index is 0.000000379. The van der Waals surface area contributed by atoms with Crippen molar-refractivity contribution in [1.82, 2.24) is 8.61 Å². The number of anilines is 1. The van der Waals surface area contributed by atoms with Crippen LogP contribution < -0.4 is 9.64 Å². The zero-order valence-electron chi connectivity index (χ0n) is 17.7. The van der Waals surface area contributed by atoms with Gasteiger partial charge in [-0.2, -0.15) is 12.2 Å². The van der Waals surface area contributed by atoms with Crippen LogP contribution >= 0.6 is 23.9 Å². The third-order valence-corrected chi connectivity index (χ3v) is 5.97. The van der Waals surface area contributed by atoms with Gasteiger partial charge in [0.25, 0.3) is 0 Å². The van der Waals surface area contributed by atoms with Gasteiger partial charge in [-0.15, -0.1) is 35.5 Å². The van der Waals surface area contributed by atoms with E-state index in [1.54, 1.807) is 37.1 Å². The summed E-state index contributed by atoms with van der Waals surface area (Å²) in [5.41, 5.74) is 2.75. The van der Waals surface area contributed by atoms with Crippen LogP contribution in [-0.2, 0) is 26.0 Å². The molecule has 8 heteroatoms. The first-order chi connectivity index (χ1) is 14.0. The van der Waals surface area contributed by atoms with Gasteiger partial charge in [0.1, 0.15) is 11.6 Å². The summed E-state index contributed by atoms with van der Waals surface area (Å²) in [5, 5.41) is 0. The van der Waals surface area contributed by atoms with Crippen molar-refractivity contribution in [1.29, 1.82) is 0 Å². The van der Waals surface area contributed by atoms with Gasteiger partial charge in [0.2, 0.25) is 0 Å². The smallest absolute Gasteiger partial charge is 0.497 e. The molecular formula is C22H28FN3ORuS2. The molecule has 1 saturated heterocycles. The number of hydrogen-bond acceptors (Lipinski definition) is 6. The molecule has 30 heavy (non-hydrogen) atoms. The van der Waals surface area contributed by atoms with E-state index in [2.05, 4.69) is 32.7 Å². The van der Waals surface area contributed by atoms with Crippen molar-refractivity contribution < 1.29 is 28.6 Å². The number of benzene rings is 2. The first-order valence-corrected chi connectivity index (χ1v) is 11.5. The van der Waals surface area contributed by atoms with Gasteiger partial charge in [0.05, 0.1) is 7.11 Å². The van der Waals surface area contributed by atoms with Crippen LogP contribution in [0.25, 0.3) is 6.08 Å². The minimum atomic E-state index is -0.280. The molecule has 0 aliphatic carbocycles. The molecule has 0 atom stereocenters. The molecule has 4 nitrogen and oxygen atoms in total. The quantitative estimate of drug-likeness (QED) is 0.275. The molecule has 0 saturated carbocycles. The zero-order chi connectivity index (χ0) is 21.2. The number of methoxy groups -OCH3 is 1. The molecular weight excluding hydrogens is 506 g/mol. The summed E-state index contributed by atoms with van der Waals surface area (Å²) in [6.45, 7) is 10.7. The van der Waals surface area contributed by atoms with E-state index in [0.29, 0.717) is 12.1 Å². The van der Waals surface area contributed by atoms with E-state index in [-0.39, 0.29) is 25.3 Å². The molecule has 164 valence electrons. The van der Waals surface area contributed by atoms with E-state index in [4.69, 9.17) is 11.3 Å². The minimum absolute atomic E-state index is 0. The summed E-state index contributed by atoms with van der Waals surface area (Å²) >= 11 is 3.55. The van der Waals surface area contributed by atoms with Crippen LogP contribution in [0.3, 0.4) is 0 Å². The van der Waals surface area contributed by atoms with Crippen LogP contribution in [0.15, 0.2) is 42.5 Å². The third-order valence-electron chi connectivity index (χ3n) is 4.48. The number of halogens is 1. The van der Waals surface area contributed by atoms with Gasteiger partial charge >= 0.3 is 19.5 Å². The second-order valence-corrected chi connectivity index (χ2v) is 7.99. The van der Waals surface area contributed by atoms with Crippen LogP contribution in [0.5, 0.6) is 5.75 Å². The van der Waals surface area contributed by atoms with Gasteiger partial charge in [0, 0.05) is 19.3 Å². The van der Waals surface area contributed by atoms with Crippen molar-refractivity contribution in [3.63, 3.8) is 0 Å². The fraction of sp³-hybridized carbons (Fsp3) is 0.318. The molecule has 2 aromatic rings. The van der Waals surface area contributed by atoms with Gasteiger partial charge < -0.3 is 18.2 Å². The average Bonchev–Trinajstić information content (AvgIpc) is 3.24. The molecule has 1 fully saturated rings. The van der Waals surface area contributed by atoms with Crippen LogP contribution in [0.2, 0.25) is 0 Å². The monoisotopic (exact) mass is 535 g/mol. The predicted octanol–water partition coefficient (Wildman–Crippen LogP) is 5.19. The molecule has 0 radical (unpaired) electrons. The van der Waals surface area contributed by atoms with Gasteiger partial charge in [-0.05, 0) is 55.9 Å². The van der Waals surface area contributed by atoms with Crippen LogP contribution in [0.1, 0.15) is 11.1 Å². The van der Waals surface area contributed by atoms with Gasteiger partial charge in [-0.1, -0.05) is 6.07 Å². The first-order valence-electron chi connectivity index (χ1n) is 9.15. The summed E-state index contributed by atoms with van der Waals surface area (Å²) in [6.07, 6.45) is 5.63. The second kappa shape index (κ2) is 14.1. The molecule has 2 aromatic carbocycles. The maximum atomic E-state index is 13.2. The summed E-state index contributed by atoms with van der Waals surface area (Å²) in [7, 11) is 3.62. The van der Waals surface area contributed by atoms with E-state index in [9.17, 15) is 4.39 Å². The van der Waals surface area contributed by atoms with E-state index in [1.165, 1.54) is 18.2 Å². The Bertz CT molecular complexity index is 769. The number of hydrogen-bond donors (Lipinski definition) is 0. The Labute approximate surface area is 201 Å². The van der Waals surface area contributed by atoms with Gasteiger partial charge in [-0.25, -0.2) is 10.5 Å². The zero-order valence-corrected chi connectivity index (χ0v) is 21.1. The molecule has 3 rings (SSSR count). The molecule has 0 N–H and O–H groups in total. The van der Waals surface area contributed by atoms with E-state index >= 15 is 0 Å². The fourth-order valence-corrected chi connectivity index (χ4v) is 3.79. The molecule has 0 bridgehead atoms. The van der Waals surface area contributed by atoms with Gasteiger partial charge in [-0.3, -0.25) is 6.58 Å². The first kappa shape index (κ1) is 27.0. The number of ether oxygens (including phenoxy) is 1. The maximum absolute atomic E-state index is 13.2.